The van der Waals surface area contributed by atoms with Crippen molar-refractivity contribution >= 4 is 11.8 Å². The van der Waals surface area contributed by atoms with Crippen LogP contribution in [0.3, 0.4) is 0 Å². The fourth-order valence-corrected chi connectivity index (χ4v) is 3.94. The summed E-state index contributed by atoms with van der Waals surface area (Å²) in [6.45, 7) is 7.30. The molecule has 2 saturated heterocycles. The smallest absolute Gasteiger partial charge is 0.311 e. The van der Waals surface area contributed by atoms with Crippen LogP contribution in [0.4, 0.5) is 0 Å². The summed E-state index contributed by atoms with van der Waals surface area (Å²) < 4.78 is 0. The van der Waals surface area contributed by atoms with Crippen molar-refractivity contribution < 1.29 is 14.7 Å². The average molecular weight is 389 g/mol. The quantitative estimate of drug-likeness (QED) is 0.711. The van der Waals surface area contributed by atoms with Crippen molar-refractivity contribution in [1.82, 2.24) is 20.0 Å². The second kappa shape index (κ2) is 9.49. The van der Waals surface area contributed by atoms with Gasteiger partial charge in [-0.25, -0.2) is 0 Å². The minimum Gasteiger partial charge on any atom is -0.393 e. The summed E-state index contributed by atoms with van der Waals surface area (Å²) in [7, 11) is 2.11. The highest BCUT2D eigenvalue weighted by Crippen LogP contribution is 2.20. The predicted molar refractivity (Wildman–Crippen MR) is 108 cm³/mol. The van der Waals surface area contributed by atoms with E-state index in [1.807, 2.05) is 30.3 Å². The lowest BCUT2D eigenvalue weighted by Gasteiger charge is -2.35. The number of nitrogens with one attached hydrogen (secondary N) is 1. The molecule has 1 aromatic rings. The Hall–Kier alpha value is -1.96. The number of likely N-dealkylation sites (tertiary alicyclic amines) is 1. The minimum atomic E-state index is -0.561. The lowest BCUT2D eigenvalue weighted by molar-refractivity contribution is -0.145. The molecule has 0 unspecified atom stereocenters. The van der Waals surface area contributed by atoms with E-state index in [0.717, 1.165) is 38.2 Å². The summed E-state index contributed by atoms with van der Waals surface area (Å²) in [5, 5.41) is 12.7. The Morgan fingerprint density at radius 2 is 1.82 bits per heavy atom. The van der Waals surface area contributed by atoms with E-state index in [4.69, 9.17) is 0 Å². The first kappa shape index (κ1) is 20.8. The molecule has 0 spiro atoms. The zero-order valence-electron chi connectivity index (χ0n) is 16.9. The van der Waals surface area contributed by atoms with E-state index in [0.29, 0.717) is 19.6 Å². The third-order valence-corrected chi connectivity index (χ3v) is 5.93. The van der Waals surface area contributed by atoms with Crippen LogP contribution in [0.1, 0.15) is 24.9 Å². The Morgan fingerprint density at radius 3 is 2.43 bits per heavy atom. The molecule has 0 saturated carbocycles. The van der Waals surface area contributed by atoms with E-state index in [1.165, 1.54) is 0 Å². The third-order valence-electron chi connectivity index (χ3n) is 5.93. The molecule has 2 N–H and O–H groups in total. The average Bonchev–Trinajstić information content (AvgIpc) is 3.19. The molecule has 7 nitrogen and oxygen atoms in total. The molecule has 1 aromatic carbocycles. The fraction of sp³-hybridized carbons (Fsp3) is 0.619. The predicted octanol–water partition coefficient (Wildman–Crippen LogP) is 0.321. The van der Waals surface area contributed by atoms with E-state index in [9.17, 15) is 14.7 Å². The van der Waals surface area contributed by atoms with Crippen LogP contribution in [-0.2, 0) is 9.59 Å². The lowest BCUT2D eigenvalue weighted by Crippen LogP contribution is -2.49. The summed E-state index contributed by atoms with van der Waals surface area (Å²) >= 11 is 0. The number of nitrogens with zero attached hydrogens (tertiary/aromatic N) is 3. The van der Waals surface area contributed by atoms with Gasteiger partial charge in [-0.1, -0.05) is 30.3 Å². The van der Waals surface area contributed by atoms with Gasteiger partial charge < -0.3 is 20.2 Å². The topological polar surface area (TPSA) is 76.1 Å². The zero-order valence-corrected chi connectivity index (χ0v) is 16.9. The molecule has 2 amide bonds. The van der Waals surface area contributed by atoms with E-state index in [-0.39, 0.29) is 12.0 Å². The van der Waals surface area contributed by atoms with Crippen LogP contribution in [0.25, 0.3) is 0 Å². The van der Waals surface area contributed by atoms with Crippen LogP contribution >= 0.6 is 0 Å². The van der Waals surface area contributed by atoms with Gasteiger partial charge in [-0.3, -0.25) is 14.5 Å². The van der Waals surface area contributed by atoms with Crippen molar-refractivity contribution in [3.05, 3.63) is 35.9 Å². The number of benzene rings is 1. The van der Waals surface area contributed by atoms with Crippen molar-refractivity contribution in [1.29, 1.82) is 0 Å². The Bertz CT molecular complexity index is 659. The first-order valence-corrected chi connectivity index (χ1v) is 10.2. The molecule has 154 valence electrons. The molecule has 3 atom stereocenters. The van der Waals surface area contributed by atoms with Gasteiger partial charge in [0.15, 0.2) is 0 Å². The molecule has 2 fully saturated rings. The number of hydrogen-bond acceptors (Lipinski definition) is 5. The van der Waals surface area contributed by atoms with E-state index in [1.54, 1.807) is 11.8 Å². The molecular formula is C21H32N4O3. The third kappa shape index (κ3) is 5.31. The Balaban J connectivity index is 1.63. The van der Waals surface area contributed by atoms with Crippen molar-refractivity contribution in [2.24, 2.45) is 5.92 Å². The maximum atomic E-state index is 12.7. The number of carbonyl (C=O) groups is 2. The Labute approximate surface area is 167 Å². The standard InChI is InChI=1S/C21H32N4O3/c1-16(26)18-8-9-25(14-18)21(28)20(27)22-19(17-6-4-3-5-7-17)15-24-12-10-23(2)11-13-24/h3-7,16,18-19,26H,8-15H2,1-2H3,(H,22,27)/t16-,18+,19+/m0/s1. The molecule has 0 aromatic heterocycles. The van der Waals surface area contributed by atoms with Crippen LogP contribution in [0.2, 0.25) is 0 Å². The Kier molecular flexibility index (Phi) is 7.04. The van der Waals surface area contributed by atoms with E-state index >= 15 is 0 Å². The van der Waals surface area contributed by atoms with Crippen molar-refractivity contribution in [2.45, 2.75) is 25.5 Å². The maximum Gasteiger partial charge on any atom is 0.311 e. The van der Waals surface area contributed by atoms with Gasteiger partial charge in [0.2, 0.25) is 0 Å². The highest BCUT2D eigenvalue weighted by molar-refractivity contribution is 6.35. The SMILES string of the molecule is C[C@H](O)[C@@H]1CCN(C(=O)C(=O)N[C@H](CN2CCN(C)CC2)c2ccccc2)C1. The first-order valence-electron chi connectivity index (χ1n) is 10.2. The van der Waals surface area contributed by atoms with Crippen LogP contribution in [0.5, 0.6) is 0 Å². The van der Waals surface area contributed by atoms with Gasteiger partial charge >= 0.3 is 11.8 Å². The van der Waals surface area contributed by atoms with Crippen LogP contribution in [0.15, 0.2) is 30.3 Å². The summed E-state index contributed by atoms with van der Waals surface area (Å²) in [4.78, 5) is 31.5. The number of aliphatic hydroxyl groups is 1. The van der Waals surface area contributed by atoms with Gasteiger partial charge in [-0.15, -0.1) is 0 Å². The van der Waals surface area contributed by atoms with Crippen molar-refractivity contribution in [3.63, 3.8) is 0 Å². The summed E-state index contributed by atoms with van der Waals surface area (Å²) in [5.74, 6) is -1.01. The van der Waals surface area contributed by atoms with Crippen molar-refractivity contribution in [2.75, 3.05) is 52.9 Å². The summed E-state index contributed by atoms with van der Waals surface area (Å²) in [5.41, 5.74) is 1.01. The summed E-state index contributed by atoms with van der Waals surface area (Å²) in [6.07, 6.45) is 0.273. The van der Waals surface area contributed by atoms with Gasteiger partial charge in [-0.05, 0) is 26.0 Å². The number of carbonyl (C=O) groups excluding carboxylic acids is 2. The number of aliphatic hydroxyl groups excluding tert-OH is 1. The van der Waals surface area contributed by atoms with Gasteiger partial charge in [-0.2, -0.15) is 0 Å². The molecule has 0 aliphatic carbocycles. The highest BCUT2D eigenvalue weighted by atomic mass is 16.3. The minimum absolute atomic E-state index is 0.0482. The van der Waals surface area contributed by atoms with Crippen LogP contribution in [0, 0.1) is 5.92 Å². The fourth-order valence-electron chi connectivity index (χ4n) is 3.94. The molecule has 2 heterocycles. The first-order chi connectivity index (χ1) is 13.4. The van der Waals surface area contributed by atoms with Crippen LogP contribution < -0.4 is 5.32 Å². The number of piperazine rings is 1. The molecule has 2 aliphatic heterocycles. The summed E-state index contributed by atoms with van der Waals surface area (Å²) in [6, 6.07) is 9.61. The zero-order chi connectivity index (χ0) is 20.1. The number of amides is 2. The molecule has 28 heavy (non-hydrogen) atoms. The van der Waals surface area contributed by atoms with E-state index < -0.39 is 17.9 Å². The molecule has 7 heteroatoms. The second-order valence-corrected chi connectivity index (χ2v) is 8.08. The molecule has 2 aliphatic rings. The van der Waals surface area contributed by atoms with Crippen LogP contribution in [-0.4, -0.2) is 90.6 Å². The highest BCUT2D eigenvalue weighted by Gasteiger charge is 2.33. The molecular weight excluding hydrogens is 356 g/mol. The van der Waals surface area contributed by atoms with E-state index in [2.05, 4.69) is 22.2 Å². The lowest BCUT2D eigenvalue weighted by atomic mass is 10.0. The van der Waals surface area contributed by atoms with Gasteiger partial charge in [0.05, 0.1) is 12.1 Å². The van der Waals surface area contributed by atoms with Gasteiger partial charge in [0.1, 0.15) is 0 Å². The molecule has 3 rings (SSSR count). The molecule has 0 radical (unpaired) electrons. The molecule has 0 bridgehead atoms. The van der Waals surface area contributed by atoms with Gasteiger partial charge in [0, 0.05) is 51.7 Å². The largest absolute Gasteiger partial charge is 0.393 e. The second-order valence-electron chi connectivity index (χ2n) is 8.08. The van der Waals surface area contributed by atoms with Crippen molar-refractivity contribution in [3.8, 4) is 0 Å². The number of likely N-dealkylation sites (N-methyl/N-ethyl adjacent to an activating group) is 1. The monoisotopic (exact) mass is 388 g/mol. The number of hydrogen-bond donors (Lipinski definition) is 2. The Morgan fingerprint density at radius 1 is 1.14 bits per heavy atom. The van der Waals surface area contributed by atoms with Gasteiger partial charge in [0.25, 0.3) is 0 Å². The number of rotatable bonds is 5. The maximum absolute atomic E-state index is 12.7. The normalized spacial score (nSPS) is 23.4.